The lowest BCUT2D eigenvalue weighted by molar-refractivity contribution is 0.152. The molecule has 0 radical (unpaired) electrons. The highest BCUT2D eigenvalue weighted by atomic mass is 16.3. The Morgan fingerprint density at radius 2 is 2.23 bits per heavy atom. The molecule has 2 heterocycles. The van der Waals surface area contributed by atoms with E-state index in [9.17, 15) is 5.11 Å². The molecule has 1 atom stereocenters. The van der Waals surface area contributed by atoms with Gasteiger partial charge in [-0.1, -0.05) is 12.1 Å². The Kier molecular flexibility index (Phi) is 3.83. The summed E-state index contributed by atoms with van der Waals surface area (Å²) in [4.78, 5) is 0. The summed E-state index contributed by atoms with van der Waals surface area (Å²) in [5, 5.41) is 21.0. The van der Waals surface area contributed by atoms with Crippen LogP contribution in [-0.4, -0.2) is 34.1 Å². The number of aliphatic hydroxyl groups excluding tert-OH is 1. The van der Waals surface area contributed by atoms with Crippen molar-refractivity contribution in [2.45, 2.75) is 38.8 Å². The van der Waals surface area contributed by atoms with Crippen molar-refractivity contribution < 1.29 is 5.11 Å². The first-order valence-electron chi connectivity index (χ1n) is 7.81. The van der Waals surface area contributed by atoms with Crippen molar-refractivity contribution in [1.29, 1.82) is 0 Å². The number of anilines is 2. The maximum Gasteiger partial charge on any atom is 0.0801 e. The van der Waals surface area contributed by atoms with E-state index >= 15 is 0 Å². The molecule has 118 valence electrons. The third-order valence-electron chi connectivity index (χ3n) is 4.25. The van der Waals surface area contributed by atoms with Gasteiger partial charge in [-0.05, 0) is 33.3 Å². The summed E-state index contributed by atoms with van der Waals surface area (Å²) in [6.07, 6.45) is 4.96. The second-order valence-corrected chi connectivity index (χ2v) is 6.63. The van der Waals surface area contributed by atoms with Crippen molar-refractivity contribution in [3.8, 4) is 11.1 Å². The monoisotopic (exact) mass is 300 g/mol. The molecule has 5 nitrogen and oxygen atoms in total. The highest BCUT2D eigenvalue weighted by molar-refractivity contribution is 5.87. The topological polar surface area (TPSA) is 62.1 Å². The first kappa shape index (κ1) is 14.9. The number of nitrogens with one attached hydrogen (secondary N) is 2. The number of hydrogen-bond donors (Lipinski definition) is 3. The van der Waals surface area contributed by atoms with E-state index in [0.29, 0.717) is 6.04 Å². The first-order chi connectivity index (χ1) is 10.5. The molecular weight excluding hydrogens is 276 g/mol. The first-order valence-corrected chi connectivity index (χ1v) is 7.81. The number of aliphatic hydroxyl groups is 1. The van der Waals surface area contributed by atoms with Gasteiger partial charge >= 0.3 is 0 Å². The van der Waals surface area contributed by atoms with Crippen molar-refractivity contribution >= 4 is 11.4 Å². The molecule has 0 unspecified atom stereocenters. The molecule has 2 aromatic rings. The van der Waals surface area contributed by atoms with Crippen molar-refractivity contribution in [3.05, 3.63) is 30.6 Å². The molecule has 3 N–H and O–H groups in total. The molecule has 0 fully saturated rings. The van der Waals surface area contributed by atoms with E-state index in [1.165, 1.54) is 0 Å². The normalized spacial score (nSPS) is 18.1. The summed E-state index contributed by atoms with van der Waals surface area (Å²) < 4.78 is 1.83. The van der Waals surface area contributed by atoms with Gasteiger partial charge in [-0.25, -0.2) is 0 Å². The third kappa shape index (κ3) is 2.68. The van der Waals surface area contributed by atoms with Gasteiger partial charge in [-0.3, -0.25) is 4.68 Å². The lowest BCUT2D eigenvalue weighted by atomic mass is 10.0. The summed E-state index contributed by atoms with van der Waals surface area (Å²) in [5.41, 5.74) is 4.06. The predicted octanol–water partition coefficient (Wildman–Crippen LogP) is 2.89. The molecule has 3 rings (SSSR count). The van der Waals surface area contributed by atoms with Gasteiger partial charge in [0.2, 0.25) is 0 Å². The summed E-state index contributed by atoms with van der Waals surface area (Å²) in [5.74, 6) is 0. The smallest absolute Gasteiger partial charge is 0.0801 e. The third-order valence-corrected chi connectivity index (χ3v) is 4.25. The summed E-state index contributed by atoms with van der Waals surface area (Å²) >= 11 is 0. The van der Waals surface area contributed by atoms with E-state index < -0.39 is 5.54 Å². The lowest BCUT2D eigenvalue weighted by Gasteiger charge is -2.22. The zero-order chi connectivity index (χ0) is 15.7. The fraction of sp³-hybridized carbons (Fsp3) is 0.471. The average molecular weight is 300 g/mol. The lowest BCUT2D eigenvalue weighted by Crippen LogP contribution is -2.30. The van der Waals surface area contributed by atoms with Crippen LogP contribution in [0.4, 0.5) is 11.4 Å². The molecule has 5 heteroatoms. The molecule has 0 saturated heterocycles. The minimum atomic E-state index is -0.400. The Bertz CT molecular complexity index is 662. The van der Waals surface area contributed by atoms with Crippen LogP contribution in [0, 0.1) is 0 Å². The van der Waals surface area contributed by atoms with E-state index in [2.05, 4.69) is 40.9 Å². The van der Waals surface area contributed by atoms with Crippen LogP contribution < -0.4 is 10.6 Å². The summed E-state index contributed by atoms with van der Waals surface area (Å²) in [7, 11) is 0. The van der Waals surface area contributed by atoms with E-state index in [0.717, 1.165) is 35.5 Å². The molecule has 0 amide bonds. The van der Waals surface area contributed by atoms with Gasteiger partial charge in [0.15, 0.2) is 0 Å². The second kappa shape index (κ2) is 5.65. The number of para-hydroxylation sites is 1. The molecule has 0 spiro atoms. The van der Waals surface area contributed by atoms with E-state index in [1.54, 1.807) is 0 Å². The van der Waals surface area contributed by atoms with Gasteiger partial charge in [-0.15, -0.1) is 0 Å². The highest BCUT2D eigenvalue weighted by Gasteiger charge is 2.22. The minimum Gasteiger partial charge on any atom is -0.394 e. The predicted molar refractivity (Wildman–Crippen MR) is 90.3 cm³/mol. The molecule has 1 aromatic heterocycles. The van der Waals surface area contributed by atoms with Crippen LogP contribution in [0.25, 0.3) is 11.1 Å². The number of rotatable bonds is 3. The van der Waals surface area contributed by atoms with E-state index in [-0.39, 0.29) is 6.61 Å². The number of fused-ring (bicyclic) bond motifs is 1. The van der Waals surface area contributed by atoms with E-state index in [4.69, 9.17) is 0 Å². The van der Waals surface area contributed by atoms with Crippen LogP contribution in [0.5, 0.6) is 0 Å². The standard InChI is InChI=1S/C17H24N4O/c1-12-7-8-18-15-6-4-5-14(16(15)20-12)13-9-19-21(10-13)17(2,3)11-22/h4-6,9-10,12,18,20,22H,7-8,11H2,1-3H3/t12-/m1/s1. The Morgan fingerprint density at radius 1 is 1.41 bits per heavy atom. The fourth-order valence-electron chi connectivity index (χ4n) is 2.70. The van der Waals surface area contributed by atoms with Crippen LogP contribution in [0.2, 0.25) is 0 Å². The molecule has 0 saturated carbocycles. The maximum atomic E-state index is 9.51. The van der Waals surface area contributed by atoms with Crippen molar-refractivity contribution in [2.75, 3.05) is 23.8 Å². The Morgan fingerprint density at radius 3 is 3.00 bits per heavy atom. The Labute approximate surface area is 131 Å². The van der Waals surface area contributed by atoms with Crippen LogP contribution in [0.15, 0.2) is 30.6 Å². The van der Waals surface area contributed by atoms with Gasteiger partial charge in [0.25, 0.3) is 0 Å². The number of nitrogens with zero attached hydrogens (tertiary/aromatic N) is 2. The number of aromatic nitrogens is 2. The molecule has 1 aromatic carbocycles. The number of benzene rings is 1. The second-order valence-electron chi connectivity index (χ2n) is 6.63. The van der Waals surface area contributed by atoms with Crippen molar-refractivity contribution in [2.24, 2.45) is 0 Å². The Balaban J connectivity index is 2.03. The zero-order valence-electron chi connectivity index (χ0n) is 13.4. The van der Waals surface area contributed by atoms with Crippen molar-refractivity contribution in [1.82, 2.24) is 9.78 Å². The molecule has 1 aliphatic heterocycles. The molecule has 0 bridgehead atoms. The molecule has 0 aliphatic carbocycles. The summed E-state index contributed by atoms with van der Waals surface area (Å²) in [6.45, 7) is 7.17. The van der Waals surface area contributed by atoms with Crippen LogP contribution in [0.3, 0.4) is 0 Å². The van der Waals surface area contributed by atoms with Crippen molar-refractivity contribution in [3.63, 3.8) is 0 Å². The fourth-order valence-corrected chi connectivity index (χ4v) is 2.70. The zero-order valence-corrected chi connectivity index (χ0v) is 13.4. The largest absolute Gasteiger partial charge is 0.394 e. The minimum absolute atomic E-state index is 0.0534. The molecular formula is C17H24N4O. The van der Waals surface area contributed by atoms with Gasteiger partial charge in [-0.2, -0.15) is 5.10 Å². The van der Waals surface area contributed by atoms with Gasteiger partial charge in [0, 0.05) is 29.9 Å². The highest BCUT2D eigenvalue weighted by Crippen LogP contribution is 2.36. The van der Waals surface area contributed by atoms with Gasteiger partial charge in [0.05, 0.1) is 29.7 Å². The SMILES string of the molecule is C[C@@H]1CCNc2cccc(-c3cnn(C(C)(C)CO)c3)c2N1. The molecule has 1 aliphatic rings. The number of hydrogen-bond acceptors (Lipinski definition) is 4. The quantitative estimate of drug-likeness (QED) is 0.815. The van der Waals surface area contributed by atoms with Crippen LogP contribution in [0.1, 0.15) is 27.2 Å². The maximum absolute atomic E-state index is 9.51. The molecule has 22 heavy (non-hydrogen) atoms. The van der Waals surface area contributed by atoms with Gasteiger partial charge in [0.1, 0.15) is 0 Å². The van der Waals surface area contributed by atoms with Crippen LogP contribution in [-0.2, 0) is 5.54 Å². The average Bonchev–Trinajstić information content (AvgIpc) is 2.91. The van der Waals surface area contributed by atoms with Crippen LogP contribution >= 0.6 is 0 Å². The summed E-state index contributed by atoms with van der Waals surface area (Å²) in [6, 6.07) is 6.71. The Hall–Kier alpha value is -2.01. The van der Waals surface area contributed by atoms with E-state index in [1.807, 2.05) is 30.9 Å². The van der Waals surface area contributed by atoms with Gasteiger partial charge < -0.3 is 15.7 Å².